The second-order valence-electron chi connectivity index (χ2n) is 5.24. The van der Waals surface area contributed by atoms with Crippen LogP contribution in [0.3, 0.4) is 0 Å². The molecule has 2 rings (SSSR count). The predicted molar refractivity (Wildman–Crippen MR) is 76.9 cm³/mol. The Morgan fingerprint density at radius 2 is 2.32 bits per heavy atom. The third-order valence-electron chi connectivity index (χ3n) is 3.47. The second kappa shape index (κ2) is 6.17. The van der Waals surface area contributed by atoms with E-state index in [0.29, 0.717) is 5.92 Å². The highest BCUT2D eigenvalue weighted by atomic mass is 19.1. The topological polar surface area (TPSA) is 27.3 Å². The molecule has 1 unspecified atom stereocenters. The summed E-state index contributed by atoms with van der Waals surface area (Å²) in [6.07, 6.45) is 0.835. The van der Waals surface area contributed by atoms with Crippen molar-refractivity contribution < 1.29 is 4.39 Å². The van der Waals surface area contributed by atoms with Gasteiger partial charge in [-0.1, -0.05) is 13.5 Å². The van der Waals surface area contributed by atoms with Gasteiger partial charge in [0.05, 0.1) is 0 Å². The van der Waals surface area contributed by atoms with Crippen LogP contribution in [0, 0.1) is 11.7 Å². The summed E-state index contributed by atoms with van der Waals surface area (Å²) in [6, 6.07) is 5.12. The van der Waals surface area contributed by atoms with E-state index >= 15 is 0 Å². The van der Waals surface area contributed by atoms with E-state index in [1.165, 1.54) is 6.07 Å². The van der Waals surface area contributed by atoms with Crippen LogP contribution in [-0.4, -0.2) is 31.7 Å². The summed E-state index contributed by atoms with van der Waals surface area (Å²) in [5, 5.41) is 5.17. The van der Waals surface area contributed by atoms with Gasteiger partial charge in [-0.15, -0.1) is 0 Å². The lowest BCUT2D eigenvalue weighted by Crippen LogP contribution is -2.32. The molecule has 0 aromatic heterocycles. The van der Waals surface area contributed by atoms with Gasteiger partial charge >= 0.3 is 0 Å². The largest absolute Gasteiger partial charge is 0.388 e. The van der Waals surface area contributed by atoms with Crippen LogP contribution in [0.5, 0.6) is 0 Å². The third-order valence-corrected chi connectivity index (χ3v) is 3.47. The van der Waals surface area contributed by atoms with Crippen LogP contribution in [0.2, 0.25) is 0 Å². The van der Waals surface area contributed by atoms with Gasteiger partial charge in [-0.25, -0.2) is 9.40 Å². The maximum absolute atomic E-state index is 13.6. The van der Waals surface area contributed by atoms with E-state index < -0.39 is 0 Å². The molecule has 4 heteroatoms. The van der Waals surface area contributed by atoms with Crippen molar-refractivity contribution in [2.24, 2.45) is 5.92 Å². The van der Waals surface area contributed by atoms with Crippen LogP contribution in [-0.2, 0) is 6.42 Å². The Morgan fingerprint density at radius 1 is 1.53 bits per heavy atom. The first-order chi connectivity index (χ1) is 9.08. The number of hydrogen-bond acceptors (Lipinski definition) is 3. The fourth-order valence-corrected chi connectivity index (χ4v) is 2.34. The average Bonchev–Trinajstić information content (AvgIpc) is 2.80. The van der Waals surface area contributed by atoms with Gasteiger partial charge in [-0.3, -0.25) is 5.43 Å². The molecule has 1 fully saturated rings. The van der Waals surface area contributed by atoms with Gasteiger partial charge in [0.15, 0.2) is 0 Å². The van der Waals surface area contributed by atoms with E-state index in [1.54, 1.807) is 13.1 Å². The highest BCUT2D eigenvalue weighted by molar-refractivity contribution is 5.62. The van der Waals surface area contributed by atoms with Crippen molar-refractivity contribution in [3.05, 3.63) is 41.7 Å². The van der Waals surface area contributed by atoms with Gasteiger partial charge in [-0.05, 0) is 36.1 Å². The smallest absolute Gasteiger partial charge is 0.124 e. The van der Waals surface area contributed by atoms with Gasteiger partial charge < -0.3 is 5.32 Å². The molecule has 0 bridgehead atoms. The fourth-order valence-electron chi connectivity index (χ4n) is 2.34. The van der Waals surface area contributed by atoms with Gasteiger partial charge in [0.1, 0.15) is 5.82 Å². The van der Waals surface area contributed by atoms with E-state index in [2.05, 4.69) is 29.3 Å². The molecule has 104 valence electrons. The van der Waals surface area contributed by atoms with Crippen LogP contribution < -0.4 is 10.7 Å². The zero-order chi connectivity index (χ0) is 13.8. The van der Waals surface area contributed by atoms with Crippen molar-refractivity contribution in [1.29, 1.82) is 0 Å². The SMILES string of the molecule is C=C(NC)c1cc(F)cc(CCN2CC(C)CN2)c1. The summed E-state index contributed by atoms with van der Waals surface area (Å²) in [5.74, 6) is 0.485. The van der Waals surface area contributed by atoms with Crippen LogP contribution in [0.4, 0.5) is 4.39 Å². The molecule has 3 nitrogen and oxygen atoms in total. The molecule has 1 aliphatic rings. The summed E-state index contributed by atoms with van der Waals surface area (Å²) in [6.45, 7) is 9.09. The van der Waals surface area contributed by atoms with E-state index in [4.69, 9.17) is 0 Å². The molecular weight excluding hydrogens is 241 g/mol. The number of benzene rings is 1. The van der Waals surface area contributed by atoms with Crippen molar-refractivity contribution in [2.75, 3.05) is 26.7 Å². The standard InChI is InChI=1S/C15H22FN3/c1-11-9-18-19(10-11)5-4-13-6-14(12(2)17-3)8-15(16)7-13/h6-8,11,17-18H,2,4-5,9-10H2,1,3H3. The van der Waals surface area contributed by atoms with E-state index in [-0.39, 0.29) is 5.82 Å². The number of hydrogen-bond donors (Lipinski definition) is 2. The Kier molecular flexibility index (Phi) is 4.56. The van der Waals surface area contributed by atoms with Crippen molar-refractivity contribution in [1.82, 2.24) is 15.8 Å². The van der Waals surface area contributed by atoms with Crippen molar-refractivity contribution in [3.8, 4) is 0 Å². The van der Waals surface area contributed by atoms with Crippen LogP contribution >= 0.6 is 0 Å². The predicted octanol–water partition coefficient (Wildman–Crippen LogP) is 2.01. The van der Waals surface area contributed by atoms with Crippen molar-refractivity contribution in [3.63, 3.8) is 0 Å². The lowest BCUT2D eigenvalue weighted by Gasteiger charge is -2.16. The maximum atomic E-state index is 13.6. The number of halogens is 1. The van der Waals surface area contributed by atoms with E-state index in [0.717, 1.165) is 42.9 Å². The fraction of sp³-hybridized carbons (Fsp3) is 0.467. The Labute approximate surface area is 114 Å². The molecule has 1 saturated heterocycles. The van der Waals surface area contributed by atoms with Crippen LogP contribution in [0.1, 0.15) is 18.1 Å². The first kappa shape index (κ1) is 14.0. The van der Waals surface area contributed by atoms with Gasteiger partial charge in [0.25, 0.3) is 0 Å². The zero-order valence-electron chi connectivity index (χ0n) is 11.7. The molecule has 2 N–H and O–H groups in total. The number of hydrazine groups is 1. The normalized spacial score (nSPS) is 19.6. The van der Waals surface area contributed by atoms with E-state index in [1.807, 2.05) is 6.07 Å². The molecule has 1 aromatic carbocycles. The highest BCUT2D eigenvalue weighted by Crippen LogP contribution is 2.16. The van der Waals surface area contributed by atoms with Crippen LogP contribution in [0.15, 0.2) is 24.8 Å². The quantitative estimate of drug-likeness (QED) is 0.851. The van der Waals surface area contributed by atoms with Gasteiger partial charge in [0, 0.05) is 37.9 Å². The molecule has 0 amide bonds. The first-order valence-electron chi connectivity index (χ1n) is 6.73. The lowest BCUT2D eigenvalue weighted by molar-refractivity contribution is 0.252. The van der Waals surface area contributed by atoms with Crippen molar-refractivity contribution in [2.45, 2.75) is 13.3 Å². The minimum atomic E-state index is -0.202. The minimum absolute atomic E-state index is 0.202. The summed E-state index contributed by atoms with van der Waals surface area (Å²) in [5.41, 5.74) is 5.92. The number of nitrogens with zero attached hydrogens (tertiary/aromatic N) is 1. The lowest BCUT2D eigenvalue weighted by atomic mass is 10.1. The minimum Gasteiger partial charge on any atom is -0.388 e. The highest BCUT2D eigenvalue weighted by Gasteiger charge is 2.17. The molecular formula is C15H22FN3. The van der Waals surface area contributed by atoms with Crippen molar-refractivity contribution >= 4 is 5.70 Å². The van der Waals surface area contributed by atoms with E-state index in [9.17, 15) is 4.39 Å². The van der Waals surface area contributed by atoms with Gasteiger partial charge in [-0.2, -0.15) is 0 Å². The summed E-state index contributed by atoms with van der Waals surface area (Å²) >= 11 is 0. The Bertz CT molecular complexity index is 459. The monoisotopic (exact) mass is 263 g/mol. The second-order valence-corrected chi connectivity index (χ2v) is 5.24. The molecule has 0 aliphatic carbocycles. The molecule has 0 saturated carbocycles. The summed E-state index contributed by atoms with van der Waals surface area (Å²) < 4.78 is 13.6. The first-order valence-corrected chi connectivity index (χ1v) is 6.73. The third kappa shape index (κ3) is 3.78. The Hall–Kier alpha value is -1.39. The zero-order valence-corrected chi connectivity index (χ0v) is 11.7. The van der Waals surface area contributed by atoms with Gasteiger partial charge in [0.2, 0.25) is 0 Å². The summed E-state index contributed by atoms with van der Waals surface area (Å²) in [7, 11) is 1.79. The molecule has 0 radical (unpaired) electrons. The average molecular weight is 263 g/mol. The van der Waals surface area contributed by atoms with Crippen LogP contribution in [0.25, 0.3) is 5.70 Å². The molecule has 1 heterocycles. The molecule has 0 spiro atoms. The number of nitrogens with one attached hydrogen (secondary N) is 2. The summed E-state index contributed by atoms with van der Waals surface area (Å²) in [4.78, 5) is 0. The molecule has 1 aliphatic heterocycles. The Morgan fingerprint density at radius 3 is 2.95 bits per heavy atom. The maximum Gasteiger partial charge on any atom is 0.124 e. The molecule has 19 heavy (non-hydrogen) atoms. The molecule has 1 atom stereocenters. The Balaban J connectivity index is 1.99. The number of rotatable bonds is 5. The molecule has 1 aromatic rings.